The fourth-order valence-corrected chi connectivity index (χ4v) is 3.14. The van der Waals surface area contributed by atoms with Crippen LogP contribution in [0.25, 0.3) is 0 Å². The molecule has 1 aromatic rings. The number of likely N-dealkylation sites (tertiary alicyclic amines) is 1. The van der Waals surface area contributed by atoms with Gasteiger partial charge in [-0.25, -0.2) is 0 Å². The van der Waals surface area contributed by atoms with Gasteiger partial charge in [-0.05, 0) is 26.0 Å². The zero-order valence-corrected chi connectivity index (χ0v) is 11.3. The molecule has 2 aliphatic heterocycles. The summed E-state index contributed by atoms with van der Waals surface area (Å²) in [5.74, 6) is 0.974. The summed E-state index contributed by atoms with van der Waals surface area (Å²) >= 11 is 0. The minimum Gasteiger partial charge on any atom is -0.492 e. The Morgan fingerprint density at radius 2 is 2.32 bits per heavy atom. The van der Waals surface area contributed by atoms with Crippen LogP contribution in [0.2, 0.25) is 0 Å². The van der Waals surface area contributed by atoms with Crippen LogP contribution in [0.4, 0.5) is 0 Å². The van der Waals surface area contributed by atoms with Crippen molar-refractivity contribution < 1.29 is 9.53 Å². The van der Waals surface area contributed by atoms with Gasteiger partial charge in [0.2, 0.25) is 5.91 Å². The van der Waals surface area contributed by atoms with Crippen LogP contribution in [0.1, 0.15) is 24.3 Å². The number of hydrogen-bond donors (Lipinski definition) is 1. The lowest BCUT2D eigenvalue weighted by molar-refractivity contribution is -0.133. The first kappa shape index (κ1) is 12.5. The van der Waals surface area contributed by atoms with Gasteiger partial charge in [-0.1, -0.05) is 18.2 Å². The number of nitrogens with zero attached hydrogens (tertiary/aromatic N) is 1. The minimum atomic E-state index is -0.117. The van der Waals surface area contributed by atoms with E-state index in [0.29, 0.717) is 12.6 Å². The summed E-state index contributed by atoms with van der Waals surface area (Å²) in [7, 11) is 1.94. The number of para-hydroxylation sites is 1. The smallest absolute Gasteiger partial charge is 0.234 e. The summed E-state index contributed by atoms with van der Waals surface area (Å²) in [6, 6.07) is 8.21. The van der Waals surface area contributed by atoms with Crippen LogP contribution in [0, 0.1) is 0 Å². The molecule has 1 fully saturated rings. The first-order chi connectivity index (χ1) is 9.31. The second-order valence-corrected chi connectivity index (χ2v) is 5.29. The summed E-state index contributed by atoms with van der Waals surface area (Å²) in [4.78, 5) is 14.7. The zero-order valence-electron chi connectivity index (χ0n) is 11.3. The molecule has 4 nitrogen and oxygen atoms in total. The Balaban J connectivity index is 1.78. The lowest BCUT2D eigenvalue weighted by atomic mass is 9.99. The van der Waals surface area contributed by atoms with Crippen molar-refractivity contribution in [1.29, 1.82) is 0 Å². The van der Waals surface area contributed by atoms with Crippen molar-refractivity contribution in [3.8, 4) is 5.75 Å². The molecule has 0 aromatic heterocycles. The molecular weight excluding hydrogens is 240 g/mol. The van der Waals surface area contributed by atoms with Crippen LogP contribution in [-0.2, 0) is 4.79 Å². The van der Waals surface area contributed by atoms with Gasteiger partial charge in [0.1, 0.15) is 18.3 Å². The second-order valence-electron chi connectivity index (χ2n) is 5.29. The van der Waals surface area contributed by atoms with Crippen molar-refractivity contribution in [3.63, 3.8) is 0 Å². The maximum Gasteiger partial charge on any atom is 0.234 e. The van der Waals surface area contributed by atoms with E-state index in [4.69, 9.17) is 4.74 Å². The maximum absolute atomic E-state index is 12.7. The second kappa shape index (κ2) is 5.21. The Hall–Kier alpha value is -1.55. The maximum atomic E-state index is 12.7. The molecule has 0 radical (unpaired) electrons. The van der Waals surface area contributed by atoms with E-state index < -0.39 is 0 Å². The van der Waals surface area contributed by atoms with E-state index in [1.54, 1.807) is 0 Å². The molecule has 2 heterocycles. The Bertz CT molecular complexity index is 475. The van der Waals surface area contributed by atoms with E-state index in [0.717, 1.165) is 37.2 Å². The fourth-order valence-electron chi connectivity index (χ4n) is 3.14. The highest BCUT2D eigenvalue weighted by Crippen LogP contribution is 2.35. The molecule has 2 unspecified atom stereocenters. The molecule has 19 heavy (non-hydrogen) atoms. The first-order valence-corrected chi connectivity index (χ1v) is 6.98. The summed E-state index contributed by atoms with van der Waals surface area (Å²) in [6.07, 6.45) is 2.20. The molecular formula is C15H20N2O2. The molecule has 1 amide bonds. The number of likely N-dealkylation sites (N-methyl/N-ethyl adjacent to an activating group) is 1. The van der Waals surface area contributed by atoms with Gasteiger partial charge in [0.05, 0.1) is 0 Å². The molecule has 0 bridgehead atoms. The number of carbonyl (C=O) groups is 1. The SMILES string of the molecule is CNCC1CCCN1C(=O)C1COc2ccccc21. The topological polar surface area (TPSA) is 41.6 Å². The molecule has 0 aliphatic carbocycles. The predicted octanol–water partition coefficient (Wildman–Crippen LogP) is 1.37. The van der Waals surface area contributed by atoms with Gasteiger partial charge >= 0.3 is 0 Å². The Kier molecular flexibility index (Phi) is 3.42. The molecule has 0 spiro atoms. The summed E-state index contributed by atoms with van der Waals surface area (Å²) in [5, 5.41) is 3.18. The first-order valence-electron chi connectivity index (χ1n) is 6.98. The van der Waals surface area contributed by atoms with Gasteiger partial charge in [0, 0.05) is 24.7 Å². The van der Waals surface area contributed by atoms with Crippen LogP contribution in [0.15, 0.2) is 24.3 Å². The van der Waals surface area contributed by atoms with Crippen molar-refractivity contribution in [1.82, 2.24) is 10.2 Å². The van der Waals surface area contributed by atoms with E-state index in [1.165, 1.54) is 0 Å². The molecule has 3 rings (SSSR count). The van der Waals surface area contributed by atoms with E-state index >= 15 is 0 Å². The fraction of sp³-hybridized carbons (Fsp3) is 0.533. The predicted molar refractivity (Wildman–Crippen MR) is 73.3 cm³/mol. The molecule has 1 saturated heterocycles. The van der Waals surface area contributed by atoms with Crippen LogP contribution < -0.4 is 10.1 Å². The number of rotatable bonds is 3. The van der Waals surface area contributed by atoms with Crippen molar-refractivity contribution in [2.24, 2.45) is 0 Å². The molecule has 2 atom stereocenters. The van der Waals surface area contributed by atoms with Crippen LogP contribution >= 0.6 is 0 Å². The van der Waals surface area contributed by atoms with Crippen LogP contribution in [-0.4, -0.2) is 43.6 Å². The third kappa shape index (κ3) is 2.21. The molecule has 0 saturated carbocycles. The quantitative estimate of drug-likeness (QED) is 0.892. The summed E-state index contributed by atoms with van der Waals surface area (Å²) in [5.41, 5.74) is 1.04. The average Bonchev–Trinajstić information content (AvgIpc) is 3.04. The number of ether oxygens (including phenoxy) is 1. The summed E-state index contributed by atoms with van der Waals surface area (Å²) < 4.78 is 5.62. The number of hydrogen-bond acceptors (Lipinski definition) is 3. The Morgan fingerprint density at radius 3 is 3.16 bits per heavy atom. The number of nitrogens with one attached hydrogen (secondary N) is 1. The van der Waals surface area contributed by atoms with Gasteiger partial charge in [-0.3, -0.25) is 4.79 Å². The monoisotopic (exact) mass is 260 g/mol. The van der Waals surface area contributed by atoms with Crippen molar-refractivity contribution in [2.45, 2.75) is 24.8 Å². The van der Waals surface area contributed by atoms with Crippen molar-refractivity contribution in [3.05, 3.63) is 29.8 Å². The lowest BCUT2D eigenvalue weighted by Gasteiger charge is -2.27. The van der Waals surface area contributed by atoms with E-state index in [-0.39, 0.29) is 11.8 Å². The normalized spacial score (nSPS) is 25.2. The summed E-state index contributed by atoms with van der Waals surface area (Å²) in [6.45, 7) is 2.24. The van der Waals surface area contributed by atoms with Gasteiger partial charge in [-0.15, -0.1) is 0 Å². The Morgan fingerprint density at radius 1 is 1.47 bits per heavy atom. The van der Waals surface area contributed by atoms with Crippen molar-refractivity contribution in [2.75, 3.05) is 26.7 Å². The van der Waals surface area contributed by atoms with E-state index in [1.807, 2.05) is 36.2 Å². The zero-order chi connectivity index (χ0) is 13.2. The largest absolute Gasteiger partial charge is 0.492 e. The van der Waals surface area contributed by atoms with Crippen LogP contribution in [0.5, 0.6) is 5.75 Å². The third-order valence-electron chi connectivity index (χ3n) is 4.10. The number of carbonyl (C=O) groups excluding carboxylic acids is 1. The highest BCUT2D eigenvalue weighted by atomic mass is 16.5. The molecule has 2 aliphatic rings. The van der Waals surface area contributed by atoms with Crippen LogP contribution in [0.3, 0.4) is 0 Å². The molecule has 102 valence electrons. The van der Waals surface area contributed by atoms with E-state index in [2.05, 4.69) is 5.32 Å². The minimum absolute atomic E-state index is 0.117. The molecule has 1 N–H and O–H groups in total. The average molecular weight is 260 g/mol. The van der Waals surface area contributed by atoms with E-state index in [9.17, 15) is 4.79 Å². The molecule has 4 heteroatoms. The number of fused-ring (bicyclic) bond motifs is 1. The van der Waals surface area contributed by atoms with Gasteiger partial charge in [-0.2, -0.15) is 0 Å². The third-order valence-corrected chi connectivity index (χ3v) is 4.10. The Labute approximate surface area is 113 Å². The van der Waals surface area contributed by atoms with Gasteiger partial charge in [0.15, 0.2) is 0 Å². The van der Waals surface area contributed by atoms with Gasteiger partial charge in [0.25, 0.3) is 0 Å². The standard InChI is InChI=1S/C15H20N2O2/c1-16-9-11-5-4-8-17(11)15(18)13-10-19-14-7-3-2-6-12(13)14/h2-3,6-7,11,13,16H,4-5,8-10H2,1H3. The highest BCUT2D eigenvalue weighted by molar-refractivity contribution is 5.86. The molecule has 1 aromatic carbocycles. The lowest BCUT2D eigenvalue weighted by Crippen LogP contribution is -2.43. The number of amides is 1. The van der Waals surface area contributed by atoms with Crippen molar-refractivity contribution >= 4 is 5.91 Å². The van der Waals surface area contributed by atoms with Gasteiger partial charge < -0.3 is 15.0 Å². The highest BCUT2D eigenvalue weighted by Gasteiger charge is 2.37. The number of benzene rings is 1.